The Morgan fingerprint density at radius 2 is 2.16 bits per heavy atom. The SMILES string of the molecule is Cc1cccc(N(C)c2nc3c(s2)CCCC3=O)c1. The van der Waals surface area contributed by atoms with Crippen LogP contribution in [0.2, 0.25) is 0 Å². The lowest BCUT2D eigenvalue weighted by atomic mass is 10.0. The van der Waals surface area contributed by atoms with Crippen LogP contribution in [0, 0.1) is 6.92 Å². The van der Waals surface area contributed by atoms with Crippen molar-refractivity contribution in [3.05, 3.63) is 40.4 Å². The summed E-state index contributed by atoms with van der Waals surface area (Å²) in [6, 6.07) is 8.31. The van der Waals surface area contributed by atoms with Crippen molar-refractivity contribution in [2.45, 2.75) is 26.2 Å². The third kappa shape index (κ3) is 2.28. The number of carbonyl (C=O) groups excluding carboxylic acids is 1. The van der Waals surface area contributed by atoms with E-state index >= 15 is 0 Å². The predicted octanol–water partition coefficient (Wildman–Crippen LogP) is 3.74. The summed E-state index contributed by atoms with van der Waals surface area (Å²) in [6.45, 7) is 2.08. The van der Waals surface area contributed by atoms with E-state index in [2.05, 4.69) is 35.0 Å². The zero-order chi connectivity index (χ0) is 13.4. The largest absolute Gasteiger partial charge is 0.321 e. The molecule has 0 N–H and O–H groups in total. The number of benzene rings is 1. The van der Waals surface area contributed by atoms with Gasteiger partial charge in [0.15, 0.2) is 10.9 Å². The lowest BCUT2D eigenvalue weighted by molar-refractivity contribution is 0.0968. The molecule has 98 valence electrons. The summed E-state index contributed by atoms with van der Waals surface area (Å²) in [6.07, 6.45) is 2.59. The molecule has 0 fully saturated rings. The van der Waals surface area contributed by atoms with E-state index in [9.17, 15) is 4.79 Å². The van der Waals surface area contributed by atoms with Gasteiger partial charge in [0.1, 0.15) is 5.69 Å². The molecule has 4 heteroatoms. The van der Waals surface area contributed by atoms with Gasteiger partial charge in [0, 0.05) is 24.0 Å². The number of aryl methyl sites for hydroxylation is 2. The van der Waals surface area contributed by atoms with Gasteiger partial charge in [0.05, 0.1) is 0 Å². The highest BCUT2D eigenvalue weighted by molar-refractivity contribution is 7.16. The Hall–Kier alpha value is -1.68. The number of rotatable bonds is 2. The molecule has 0 spiro atoms. The van der Waals surface area contributed by atoms with Crippen LogP contribution in [-0.2, 0) is 6.42 Å². The van der Waals surface area contributed by atoms with E-state index in [-0.39, 0.29) is 5.78 Å². The summed E-state index contributed by atoms with van der Waals surface area (Å²) in [7, 11) is 2.00. The molecule has 2 aromatic rings. The molecule has 0 atom stereocenters. The average Bonchev–Trinajstić information content (AvgIpc) is 2.83. The quantitative estimate of drug-likeness (QED) is 0.835. The Balaban J connectivity index is 1.96. The van der Waals surface area contributed by atoms with E-state index in [1.807, 2.05) is 13.1 Å². The molecular weight excluding hydrogens is 256 g/mol. The van der Waals surface area contributed by atoms with Crippen LogP contribution in [-0.4, -0.2) is 17.8 Å². The zero-order valence-corrected chi connectivity index (χ0v) is 12.0. The molecule has 1 aliphatic carbocycles. The summed E-state index contributed by atoms with van der Waals surface area (Å²) < 4.78 is 0. The first-order chi connectivity index (χ1) is 9.15. The van der Waals surface area contributed by atoms with Crippen LogP contribution in [0.15, 0.2) is 24.3 Å². The lowest BCUT2D eigenvalue weighted by Gasteiger charge is -2.16. The maximum absolute atomic E-state index is 11.8. The zero-order valence-electron chi connectivity index (χ0n) is 11.1. The second-order valence-electron chi connectivity index (χ2n) is 4.94. The minimum atomic E-state index is 0.196. The van der Waals surface area contributed by atoms with Gasteiger partial charge in [-0.15, -0.1) is 11.3 Å². The minimum Gasteiger partial charge on any atom is -0.321 e. The van der Waals surface area contributed by atoms with Crippen LogP contribution in [0.3, 0.4) is 0 Å². The smallest absolute Gasteiger partial charge is 0.190 e. The van der Waals surface area contributed by atoms with Gasteiger partial charge in [-0.3, -0.25) is 4.79 Å². The molecule has 0 saturated heterocycles. The number of aromatic nitrogens is 1. The fourth-order valence-corrected chi connectivity index (χ4v) is 3.45. The third-order valence-electron chi connectivity index (χ3n) is 3.43. The van der Waals surface area contributed by atoms with Crippen molar-refractivity contribution in [3.63, 3.8) is 0 Å². The van der Waals surface area contributed by atoms with Crippen molar-refractivity contribution in [1.29, 1.82) is 0 Å². The average molecular weight is 272 g/mol. The van der Waals surface area contributed by atoms with Gasteiger partial charge in [0.25, 0.3) is 0 Å². The Bertz CT molecular complexity index is 633. The number of Topliss-reactive ketones (excluding diaryl/α,β-unsaturated/α-hetero) is 1. The Labute approximate surface area is 116 Å². The van der Waals surface area contributed by atoms with Crippen LogP contribution >= 0.6 is 11.3 Å². The molecule has 0 aliphatic heterocycles. The predicted molar refractivity (Wildman–Crippen MR) is 78.6 cm³/mol. The van der Waals surface area contributed by atoms with Gasteiger partial charge in [-0.2, -0.15) is 0 Å². The summed E-state index contributed by atoms with van der Waals surface area (Å²) in [5.74, 6) is 0.196. The number of anilines is 2. The Morgan fingerprint density at radius 3 is 2.89 bits per heavy atom. The van der Waals surface area contributed by atoms with E-state index in [0.29, 0.717) is 12.1 Å². The molecule has 19 heavy (non-hydrogen) atoms. The fraction of sp³-hybridized carbons (Fsp3) is 0.333. The van der Waals surface area contributed by atoms with E-state index in [0.717, 1.165) is 28.5 Å². The van der Waals surface area contributed by atoms with E-state index in [4.69, 9.17) is 0 Å². The first-order valence-corrected chi connectivity index (χ1v) is 7.30. The molecule has 1 aromatic carbocycles. The summed E-state index contributed by atoms with van der Waals surface area (Å²) in [4.78, 5) is 19.6. The normalized spacial score (nSPS) is 14.3. The first-order valence-electron chi connectivity index (χ1n) is 6.48. The van der Waals surface area contributed by atoms with Crippen molar-refractivity contribution in [3.8, 4) is 0 Å². The molecule has 0 radical (unpaired) electrons. The highest BCUT2D eigenvalue weighted by Crippen LogP contribution is 2.34. The second-order valence-corrected chi connectivity index (χ2v) is 6.01. The fourth-order valence-electron chi connectivity index (χ4n) is 2.35. The van der Waals surface area contributed by atoms with Gasteiger partial charge in [-0.1, -0.05) is 12.1 Å². The Morgan fingerprint density at radius 1 is 1.32 bits per heavy atom. The monoisotopic (exact) mass is 272 g/mol. The standard InChI is InChI=1S/C15H16N2OS/c1-10-5-3-6-11(9-10)17(2)15-16-14-12(18)7-4-8-13(14)19-15/h3,5-6,9H,4,7-8H2,1-2H3. The molecule has 0 bridgehead atoms. The van der Waals surface area contributed by atoms with Crippen molar-refractivity contribution in [1.82, 2.24) is 4.98 Å². The van der Waals surface area contributed by atoms with E-state index < -0.39 is 0 Å². The molecule has 1 aliphatic rings. The minimum absolute atomic E-state index is 0.196. The number of hydrogen-bond donors (Lipinski definition) is 0. The summed E-state index contributed by atoms with van der Waals surface area (Å²) in [5, 5.41) is 0.908. The number of hydrogen-bond acceptors (Lipinski definition) is 4. The molecule has 1 heterocycles. The van der Waals surface area contributed by atoms with Crippen molar-refractivity contribution in [2.75, 3.05) is 11.9 Å². The molecule has 3 rings (SSSR count). The maximum Gasteiger partial charge on any atom is 0.190 e. The molecule has 3 nitrogen and oxygen atoms in total. The Kier molecular flexibility index (Phi) is 3.11. The summed E-state index contributed by atoms with van der Waals surface area (Å²) in [5.41, 5.74) is 3.03. The van der Waals surface area contributed by atoms with Crippen molar-refractivity contribution >= 4 is 27.9 Å². The third-order valence-corrected chi connectivity index (χ3v) is 4.63. The molecular formula is C15H16N2OS. The summed E-state index contributed by atoms with van der Waals surface area (Å²) >= 11 is 1.64. The maximum atomic E-state index is 11.8. The highest BCUT2D eigenvalue weighted by Gasteiger charge is 2.23. The molecule has 0 unspecified atom stereocenters. The number of fused-ring (bicyclic) bond motifs is 1. The van der Waals surface area contributed by atoms with Gasteiger partial charge < -0.3 is 4.90 Å². The number of carbonyl (C=O) groups is 1. The van der Waals surface area contributed by atoms with Crippen LogP contribution in [0.5, 0.6) is 0 Å². The number of nitrogens with zero attached hydrogens (tertiary/aromatic N) is 2. The van der Waals surface area contributed by atoms with Gasteiger partial charge >= 0.3 is 0 Å². The van der Waals surface area contributed by atoms with Crippen LogP contribution < -0.4 is 4.90 Å². The molecule has 1 aromatic heterocycles. The van der Waals surface area contributed by atoms with Crippen molar-refractivity contribution < 1.29 is 4.79 Å². The topological polar surface area (TPSA) is 33.2 Å². The lowest BCUT2D eigenvalue weighted by Crippen LogP contribution is -2.11. The molecule has 0 saturated carbocycles. The second kappa shape index (κ2) is 4.78. The van der Waals surface area contributed by atoms with Crippen LogP contribution in [0.25, 0.3) is 0 Å². The number of ketones is 1. The first kappa shape index (κ1) is 12.4. The van der Waals surface area contributed by atoms with Crippen LogP contribution in [0.1, 0.15) is 33.8 Å². The van der Waals surface area contributed by atoms with E-state index in [1.165, 1.54) is 5.56 Å². The highest BCUT2D eigenvalue weighted by atomic mass is 32.1. The van der Waals surface area contributed by atoms with Crippen molar-refractivity contribution in [2.24, 2.45) is 0 Å². The van der Waals surface area contributed by atoms with Gasteiger partial charge in [-0.25, -0.2) is 4.98 Å². The number of thiazole rings is 1. The van der Waals surface area contributed by atoms with E-state index in [1.54, 1.807) is 11.3 Å². The molecule has 0 amide bonds. The van der Waals surface area contributed by atoms with Gasteiger partial charge in [-0.05, 0) is 37.5 Å². The van der Waals surface area contributed by atoms with Crippen LogP contribution in [0.4, 0.5) is 10.8 Å². The van der Waals surface area contributed by atoms with Gasteiger partial charge in [0.2, 0.25) is 0 Å².